The van der Waals surface area contributed by atoms with Gasteiger partial charge >= 0.3 is 0 Å². The molecular weight excluding hydrogens is 268 g/mol. The van der Waals surface area contributed by atoms with Crippen LogP contribution >= 0.6 is 15.9 Å². The highest BCUT2D eigenvalue weighted by atomic mass is 79.9. The Morgan fingerprint density at radius 1 is 1.56 bits per heavy atom. The maximum atomic E-state index is 11.9. The van der Waals surface area contributed by atoms with Crippen molar-refractivity contribution >= 4 is 27.5 Å². The van der Waals surface area contributed by atoms with Crippen molar-refractivity contribution in [3.8, 4) is 0 Å². The van der Waals surface area contributed by atoms with Crippen LogP contribution in [0.4, 0.5) is 5.69 Å². The van der Waals surface area contributed by atoms with Gasteiger partial charge in [-0.2, -0.15) is 0 Å². The SMILES string of the molecule is CNCCC(=O)N1CCc2cc(Br)ccc21. The minimum absolute atomic E-state index is 0.204. The van der Waals surface area contributed by atoms with Crippen LogP contribution in [0.1, 0.15) is 12.0 Å². The normalized spacial score (nSPS) is 14.0. The zero-order chi connectivity index (χ0) is 11.5. The molecule has 0 aromatic heterocycles. The summed E-state index contributed by atoms with van der Waals surface area (Å²) in [6.45, 7) is 1.55. The van der Waals surface area contributed by atoms with Crippen LogP contribution in [0.2, 0.25) is 0 Å². The standard InChI is InChI=1S/C12H15BrN2O/c1-14-6-4-12(16)15-7-5-9-8-10(13)2-3-11(9)15/h2-3,8,14H,4-7H2,1H3. The molecule has 16 heavy (non-hydrogen) atoms. The average molecular weight is 283 g/mol. The van der Waals surface area contributed by atoms with Crippen molar-refractivity contribution in [1.29, 1.82) is 0 Å². The number of amides is 1. The lowest BCUT2D eigenvalue weighted by Gasteiger charge is -2.17. The second-order valence-electron chi connectivity index (χ2n) is 3.92. The lowest BCUT2D eigenvalue weighted by Crippen LogP contribution is -2.31. The quantitative estimate of drug-likeness (QED) is 0.919. The Labute approximate surface area is 104 Å². The van der Waals surface area contributed by atoms with Gasteiger partial charge in [-0.05, 0) is 37.2 Å². The zero-order valence-electron chi connectivity index (χ0n) is 9.29. The molecule has 1 aromatic rings. The molecule has 1 heterocycles. The van der Waals surface area contributed by atoms with Crippen LogP contribution in [0.5, 0.6) is 0 Å². The average Bonchev–Trinajstić information content (AvgIpc) is 2.68. The first-order valence-electron chi connectivity index (χ1n) is 5.46. The summed E-state index contributed by atoms with van der Waals surface area (Å²) in [5.74, 6) is 0.204. The third kappa shape index (κ3) is 2.28. The third-order valence-corrected chi connectivity index (χ3v) is 3.32. The molecule has 1 aliphatic rings. The Hall–Kier alpha value is -0.870. The van der Waals surface area contributed by atoms with Gasteiger partial charge < -0.3 is 10.2 Å². The van der Waals surface area contributed by atoms with E-state index in [0.29, 0.717) is 6.42 Å². The van der Waals surface area contributed by atoms with E-state index in [1.165, 1.54) is 5.56 Å². The second-order valence-corrected chi connectivity index (χ2v) is 4.84. The van der Waals surface area contributed by atoms with E-state index < -0.39 is 0 Å². The molecule has 86 valence electrons. The monoisotopic (exact) mass is 282 g/mol. The maximum Gasteiger partial charge on any atom is 0.228 e. The van der Waals surface area contributed by atoms with E-state index in [-0.39, 0.29) is 5.91 Å². The molecule has 1 N–H and O–H groups in total. The molecule has 0 atom stereocenters. The second kappa shape index (κ2) is 4.97. The number of benzene rings is 1. The summed E-state index contributed by atoms with van der Waals surface area (Å²) in [5.41, 5.74) is 2.33. The van der Waals surface area contributed by atoms with Crippen LogP contribution in [0, 0.1) is 0 Å². The third-order valence-electron chi connectivity index (χ3n) is 2.83. The Morgan fingerprint density at radius 3 is 3.12 bits per heavy atom. The molecule has 3 nitrogen and oxygen atoms in total. The number of carbonyl (C=O) groups excluding carboxylic acids is 1. The van der Waals surface area contributed by atoms with Crippen LogP contribution < -0.4 is 10.2 Å². The molecule has 1 amide bonds. The van der Waals surface area contributed by atoms with Gasteiger partial charge in [0.25, 0.3) is 0 Å². The van der Waals surface area contributed by atoms with E-state index in [9.17, 15) is 4.79 Å². The summed E-state index contributed by atoms with van der Waals surface area (Å²) in [7, 11) is 1.86. The number of hydrogen-bond donors (Lipinski definition) is 1. The van der Waals surface area contributed by atoms with E-state index in [4.69, 9.17) is 0 Å². The molecule has 0 aliphatic carbocycles. The molecule has 4 heteroatoms. The molecule has 0 saturated heterocycles. The van der Waals surface area contributed by atoms with E-state index in [1.54, 1.807) is 0 Å². The van der Waals surface area contributed by atoms with Gasteiger partial charge in [0.05, 0.1) is 0 Å². The van der Waals surface area contributed by atoms with E-state index >= 15 is 0 Å². The van der Waals surface area contributed by atoms with Gasteiger partial charge in [-0.15, -0.1) is 0 Å². The largest absolute Gasteiger partial charge is 0.319 e. The van der Waals surface area contributed by atoms with Crippen molar-refractivity contribution in [3.63, 3.8) is 0 Å². The molecule has 0 saturated carbocycles. The van der Waals surface area contributed by atoms with E-state index in [1.807, 2.05) is 24.1 Å². The number of hydrogen-bond acceptors (Lipinski definition) is 2. The first kappa shape index (κ1) is 11.6. The number of anilines is 1. The molecule has 0 spiro atoms. The Kier molecular flexibility index (Phi) is 3.61. The summed E-state index contributed by atoms with van der Waals surface area (Å²) in [6, 6.07) is 6.10. The minimum atomic E-state index is 0.204. The Balaban J connectivity index is 2.14. The topological polar surface area (TPSA) is 32.3 Å². The lowest BCUT2D eigenvalue weighted by molar-refractivity contribution is -0.118. The molecular formula is C12H15BrN2O. The van der Waals surface area contributed by atoms with Crippen LogP contribution in [-0.4, -0.2) is 26.0 Å². The summed E-state index contributed by atoms with van der Waals surface area (Å²) in [5, 5.41) is 3.00. The smallest absolute Gasteiger partial charge is 0.228 e. The first-order valence-corrected chi connectivity index (χ1v) is 6.25. The highest BCUT2D eigenvalue weighted by Gasteiger charge is 2.23. The van der Waals surface area contributed by atoms with Gasteiger partial charge in [0, 0.05) is 29.7 Å². The highest BCUT2D eigenvalue weighted by Crippen LogP contribution is 2.30. The van der Waals surface area contributed by atoms with Crippen molar-refractivity contribution < 1.29 is 4.79 Å². The highest BCUT2D eigenvalue weighted by molar-refractivity contribution is 9.10. The van der Waals surface area contributed by atoms with Gasteiger partial charge in [0.15, 0.2) is 0 Å². The van der Waals surface area contributed by atoms with Crippen LogP contribution in [0.15, 0.2) is 22.7 Å². The van der Waals surface area contributed by atoms with E-state index in [0.717, 1.165) is 29.7 Å². The van der Waals surface area contributed by atoms with Crippen LogP contribution in [0.25, 0.3) is 0 Å². The van der Waals surface area contributed by atoms with Crippen molar-refractivity contribution in [1.82, 2.24) is 5.32 Å². The predicted octanol–water partition coefficient (Wildman–Crippen LogP) is 1.95. The van der Waals surface area contributed by atoms with Gasteiger partial charge in [-0.1, -0.05) is 15.9 Å². The summed E-state index contributed by atoms with van der Waals surface area (Å²) in [4.78, 5) is 13.8. The van der Waals surface area contributed by atoms with Crippen molar-refractivity contribution in [2.75, 3.05) is 25.0 Å². The summed E-state index contributed by atoms with van der Waals surface area (Å²) >= 11 is 3.45. The first-order chi connectivity index (χ1) is 7.72. The van der Waals surface area contributed by atoms with Gasteiger partial charge in [0.2, 0.25) is 5.91 Å². The minimum Gasteiger partial charge on any atom is -0.319 e. The fraction of sp³-hybridized carbons (Fsp3) is 0.417. The van der Waals surface area contributed by atoms with Crippen LogP contribution in [-0.2, 0) is 11.2 Å². The fourth-order valence-corrected chi connectivity index (χ4v) is 2.40. The number of nitrogens with zero attached hydrogens (tertiary/aromatic N) is 1. The Bertz CT molecular complexity index is 406. The maximum absolute atomic E-state index is 11.9. The van der Waals surface area contributed by atoms with Gasteiger partial charge in [-0.3, -0.25) is 4.79 Å². The van der Waals surface area contributed by atoms with Crippen molar-refractivity contribution in [3.05, 3.63) is 28.2 Å². The summed E-state index contributed by atoms with van der Waals surface area (Å²) < 4.78 is 1.08. The molecule has 0 radical (unpaired) electrons. The number of carbonyl (C=O) groups is 1. The van der Waals surface area contributed by atoms with Gasteiger partial charge in [0.1, 0.15) is 0 Å². The zero-order valence-corrected chi connectivity index (χ0v) is 10.9. The molecule has 0 bridgehead atoms. The predicted molar refractivity (Wildman–Crippen MR) is 68.7 cm³/mol. The molecule has 1 aliphatic heterocycles. The molecule has 0 unspecified atom stereocenters. The van der Waals surface area contributed by atoms with Crippen molar-refractivity contribution in [2.45, 2.75) is 12.8 Å². The van der Waals surface area contributed by atoms with Gasteiger partial charge in [-0.25, -0.2) is 0 Å². The number of rotatable bonds is 3. The molecule has 0 fully saturated rings. The molecule has 1 aromatic carbocycles. The Morgan fingerprint density at radius 2 is 2.38 bits per heavy atom. The van der Waals surface area contributed by atoms with E-state index in [2.05, 4.69) is 27.3 Å². The van der Waals surface area contributed by atoms with Crippen molar-refractivity contribution in [2.24, 2.45) is 0 Å². The lowest BCUT2D eigenvalue weighted by atomic mass is 10.2. The molecule has 2 rings (SSSR count). The fourth-order valence-electron chi connectivity index (χ4n) is 2.00. The number of nitrogens with one attached hydrogen (secondary N) is 1. The number of fused-ring (bicyclic) bond motifs is 1. The number of halogens is 1. The summed E-state index contributed by atoms with van der Waals surface area (Å²) in [6.07, 6.45) is 1.52. The van der Waals surface area contributed by atoms with Crippen LogP contribution in [0.3, 0.4) is 0 Å².